The van der Waals surface area contributed by atoms with E-state index in [2.05, 4.69) is 0 Å². The minimum atomic E-state index is -1.16. The van der Waals surface area contributed by atoms with E-state index in [0.717, 1.165) is 0 Å². The number of carbonyl (C=O) groups excluding carboxylic acids is 1. The van der Waals surface area contributed by atoms with Crippen molar-refractivity contribution in [2.45, 2.75) is 19.4 Å². The van der Waals surface area contributed by atoms with Crippen LogP contribution in [-0.4, -0.2) is 18.2 Å². The molecule has 0 aromatic heterocycles. The average molecular weight is 243 g/mol. The zero-order valence-electron chi connectivity index (χ0n) is 8.91. The molecular weight excluding hydrogens is 232 g/mol. The molecule has 1 aliphatic heterocycles. The van der Waals surface area contributed by atoms with Gasteiger partial charge in [0.05, 0.1) is 16.2 Å². The van der Waals surface area contributed by atoms with Crippen molar-refractivity contribution in [3.63, 3.8) is 0 Å². The molecule has 1 N–H and O–H groups in total. The number of benzene rings is 1. The fraction of sp³-hybridized carbons (Fsp3) is 0.364. The summed E-state index contributed by atoms with van der Waals surface area (Å²) in [5, 5.41) is 10.3. The van der Waals surface area contributed by atoms with Crippen LogP contribution >= 0.6 is 11.6 Å². The van der Waals surface area contributed by atoms with Gasteiger partial charge in [0.15, 0.2) is 17.8 Å². The summed E-state index contributed by atoms with van der Waals surface area (Å²) in [6.45, 7) is 3.22. The smallest absolute Gasteiger partial charge is 0.231 e. The predicted molar refractivity (Wildman–Crippen MR) is 58.2 cm³/mol. The number of carbonyl (C=O) groups is 1. The number of ether oxygens (including phenoxy) is 2. The third-order valence-corrected chi connectivity index (χ3v) is 2.66. The normalized spacial score (nSPS) is 14.0. The third kappa shape index (κ3) is 1.64. The number of hydrogen-bond donors (Lipinski definition) is 1. The van der Waals surface area contributed by atoms with Crippen LogP contribution in [0.25, 0.3) is 0 Å². The van der Waals surface area contributed by atoms with Crippen LogP contribution in [0.1, 0.15) is 29.8 Å². The number of aliphatic hydroxyl groups is 1. The van der Waals surface area contributed by atoms with Crippen molar-refractivity contribution in [3.8, 4) is 11.5 Å². The first-order valence-electron chi connectivity index (χ1n) is 4.75. The maximum absolute atomic E-state index is 10.8. The van der Waals surface area contributed by atoms with Crippen molar-refractivity contribution in [1.82, 2.24) is 0 Å². The number of hydrogen-bond acceptors (Lipinski definition) is 4. The van der Waals surface area contributed by atoms with Crippen molar-refractivity contribution in [2.24, 2.45) is 0 Å². The Kier molecular flexibility index (Phi) is 2.56. The molecule has 0 aliphatic carbocycles. The molecule has 5 heteroatoms. The maximum atomic E-state index is 10.8. The average Bonchev–Trinajstić information content (AvgIpc) is 2.62. The van der Waals surface area contributed by atoms with Crippen LogP contribution in [0.5, 0.6) is 11.5 Å². The van der Waals surface area contributed by atoms with E-state index in [1.807, 2.05) is 0 Å². The highest BCUT2D eigenvalue weighted by Gasteiger charge is 2.32. The molecule has 4 nitrogen and oxygen atoms in total. The third-order valence-electron chi connectivity index (χ3n) is 2.36. The first-order valence-corrected chi connectivity index (χ1v) is 5.13. The van der Waals surface area contributed by atoms with E-state index >= 15 is 0 Å². The van der Waals surface area contributed by atoms with Gasteiger partial charge in [-0.05, 0) is 19.9 Å². The first-order chi connectivity index (χ1) is 7.45. The largest absolute Gasteiger partial charge is 0.453 e. The Labute approximate surface area is 97.7 Å². The minimum absolute atomic E-state index is 0.0274. The SMILES string of the molecule is CC(C)(O)c1c(Cl)cc(C=O)c2c1OCO2. The summed E-state index contributed by atoms with van der Waals surface area (Å²) in [6, 6.07) is 1.47. The highest BCUT2D eigenvalue weighted by Crippen LogP contribution is 2.46. The molecule has 1 aromatic carbocycles. The first kappa shape index (κ1) is 11.2. The lowest BCUT2D eigenvalue weighted by atomic mass is 9.95. The summed E-state index contributed by atoms with van der Waals surface area (Å²) in [7, 11) is 0. The molecule has 2 rings (SSSR count). The van der Waals surface area contributed by atoms with Gasteiger partial charge in [0.1, 0.15) is 0 Å². The molecule has 0 saturated heterocycles. The number of rotatable bonds is 2. The van der Waals surface area contributed by atoms with Crippen LogP contribution in [0.4, 0.5) is 0 Å². The summed E-state index contributed by atoms with van der Waals surface area (Å²) in [4.78, 5) is 10.8. The molecule has 0 atom stereocenters. The lowest BCUT2D eigenvalue weighted by Crippen LogP contribution is -2.17. The highest BCUT2D eigenvalue weighted by molar-refractivity contribution is 6.32. The monoisotopic (exact) mass is 242 g/mol. The quantitative estimate of drug-likeness (QED) is 0.807. The van der Waals surface area contributed by atoms with Gasteiger partial charge in [-0.25, -0.2) is 0 Å². The Bertz CT molecular complexity index is 448. The van der Waals surface area contributed by atoms with Gasteiger partial charge in [0, 0.05) is 5.56 Å². The van der Waals surface area contributed by atoms with E-state index in [1.165, 1.54) is 6.07 Å². The predicted octanol–water partition coefficient (Wildman–Crippen LogP) is 2.11. The van der Waals surface area contributed by atoms with E-state index in [4.69, 9.17) is 21.1 Å². The molecular formula is C11H11ClO4. The topological polar surface area (TPSA) is 55.8 Å². The second kappa shape index (κ2) is 3.64. The van der Waals surface area contributed by atoms with Crippen LogP contribution in [0.15, 0.2) is 6.07 Å². The Balaban J connectivity index is 2.73. The molecule has 1 aromatic rings. The molecule has 1 heterocycles. The molecule has 1 aliphatic rings. The van der Waals surface area contributed by atoms with Gasteiger partial charge >= 0.3 is 0 Å². The molecule has 16 heavy (non-hydrogen) atoms. The zero-order chi connectivity index (χ0) is 11.9. The number of halogens is 1. The van der Waals surface area contributed by atoms with Crippen LogP contribution < -0.4 is 9.47 Å². The fourth-order valence-corrected chi connectivity index (χ4v) is 2.15. The summed E-state index contributed by atoms with van der Waals surface area (Å²) >= 11 is 6.02. The molecule has 0 amide bonds. The fourth-order valence-electron chi connectivity index (χ4n) is 1.72. The Morgan fingerprint density at radius 1 is 1.44 bits per heavy atom. The van der Waals surface area contributed by atoms with Gasteiger partial charge in [0.2, 0.25) is 6.79 Å². The second-order valence-electron chi connectivity index (χ2n) is 4.06. The van der Waals surface area contributed by atoms with Crippen LogP contribution in [0, 0.1) is 0 Å². The van der Waals surface area contributed by atoms with Crippen molar-refractivity contribution in [2.75, 3.05) is 6.79 Å². The molecule has 0 saturated carbocycles. The maximum Gasteiger partial charge on any atom is 0.231 e. The minimum Gasteiger partial charge on any atom is -0.453 e. The van der Waals surface area contributed by atoms with Gasteiger partial charge in [-0.2, -0.15) is 0 Å². The Morgan fingerprint density at radius 2 is 2.06 bits per heavy atom. The second-order valence-corrected chi connectivity index (χ2v) is 4.47. The lowest BCUT2D eigenvalue weighted by molar-refractivity contribution is 0.0745. The van der Waals surface area contributed by atoms with E-state index in [9.17, 15) is 9.90 Å². The molecule has 0 bridgehead atoms. The van der Waals surface area contributed by atoms with E-state index < -0.39 is 5.60 Å². The summed E-state index contributed by atoms with van der Waals surface area (Å²) < 4.78 is 10.4. The lowest BCUT2D eigenvalue weighted by Gasteiger charge is -2.21. The molecule has 0 fully saturated rings. The summed E-state index contributed by atoms with van der Waals surface area (Å²) in [5.41, 5.74) is -0.395. The van der Waals surface area contributed by atoms with Gasteiger partial charge in [-0.3, -0.25) is 4.79 Å². The molecule has 0 unspecified atom stereocenters. The van der Waals surface area contributed by atoms with Crippen molar-refractivity contribution >= 4 is 17.9 Å². The van der Waals surface area contributed by atoms with Gasteiger partial charge in [-0.1, -0.05) is 11.6 Å². The zero-order valence-corrected chi connectivity index (χ0v) is 9.67. The Morgan fingerprint density at radius 3 is 2.62 bits per heavy atom. The Hall–Kier alpha value is -1.26. The highest BCUT2D eigenvalue weighted by atomic mass is 35.5. The van der Waals surface area contributed by atoms with Gasteiger partial charge in [-0.15, -0.1) is 0 Å². The standard InChI is InChI=1S/C11H11ClO4/c1-11(2,14)8-7(12)3-6(4-13)9-10(8)16-5-15-9/h3-4,14H,5H2,1-2H3. The number of fused-ring (bicyclic) bond motifs is 1. The van der Waals surface area contributed by atoms with Gasteiger partial charge < -0.3 is 14.6 Å². The van der Waals surface area contributed by atoms with Crippen molar-refractivity contribution < 1.29 is 19.4 Å². The summed E-state index contributed by atoms with van der Waals surface area (Å²) in [6.07, 6.45) is 0.646. The van der Waals surface area contributed by atoms with E-state index in [-0.39, 0.29) is 6.79 Å². The van der Waals surface area contributed by atoms with Crippen LogP contribution in [0.3, 0.4) is 0 Å². The number of aldehydes is 1. The molecule has 0 radical (unpaired) electrons. The summed E-state index contributed by atoms with van der Waals surface area (Å²) in [5.74, 6) is 0.693. The van der Waals surface area contributed by atoms with Crippen molar-refractivity contribution in [3.05, 3.63) is 22.2 Å². The van der Waals surface area contributed by atoms with Crippen LogP contribution in [0.2, 0.25) is 5.02 Å². The molecule has 0 spiro atoms. The van der Waals surface area contributed by atoms with E-state index in [0.29, 0.717) is 33.9 Å². The van der Waals surface area contributed by atoms with Gasteiger partial charge in [0.25, 0.3) is 0 Å². The van der Waals surface area contributed by atoms with Crippen molar-refractivity contribution in [1.29, 1.82) is 0 Å². The van der Waals surface area contributed by atoms with E-state index in [1.54, 1.807) is 13.8 Å². The van der Waals surface area contributed by atoms with Crippen LogP contribution in [-0.2, 0) is 5.60 Å². The molecule has 86 valence electrons.